The number of carbonyl (C=O) groups is 1. The number of hydrogen-bond acceptors (Lipinski definition) is 2. The Morgan fingerprint density at radius 2 is 1.85 bits per heavy atom. The number of amides is 1. The zero-order valence-corrected chi connectivity index (χ0v) is 8.04. The Balaban J connectivity index is 1.99. The summed E-state index contributed by atoms with van der Waals surface area (Å²) >= 11 is 0. The fraction of sp³-hybridized carbons (Fsp3) is 0.900. The number of likely N-dealkylation sites (tertiary alicyclic amines) is 1. The average molecular weight is 182 g/mol. The van der Waals surface area contributed by atoms with Crippen LogP contribution in [-0.2, 0) is 4.79 Å². The molecule has 74 valence electrons. The van der Waals surface area contributed by atoms with E-state index in [1.807, 2.05) is 0 Å². The normalized spacial score (nSPS) is 35.4. The summed E-state index contributed by atoms with van der Waals surface area (Å²) in [6.07, 6.45) is 5.93. The van der Waals surface area contributed by atoms with E-state index in [0.717, 1.165) is 6.42 Å². The van der Waals surface area contributed by atoms with Crippen LogP contribution in [0.25, 0.3) is 0 Å². The minimum atomic E-state index is -0.0865. The quantitative estimate of drug-likeness (QED) is 0.684. The maximum absolute atomic E-state index is 11.2. The van der Waals surface area contributed by atoms with E-state index < -0.39 is 0 Å². The third-order valence-corrected chi connectivity index (χ3v) is 3.45. The molecule has 2 rings (SSSR count). The van der Waals surface area contributed by atoms with E-state index in [1.165, 1.54) is 38.8 Å². The summed E-state index contributed by atoms with van der Waals surface area (Å²) in [6, 6.07) is 0.472. The number of carbonyl (C=O) groups excluding carboxylic acids is 1. The van der Waals surface area contributed by atoms with Crippen LogP contribution in [0.15, 0.2) is 0 Å². The van der Waals surface area contributed by atoms with Crippen LogP contribution >= 0.6 is 0 Å². The van der Waals surface area contributed by atoms with Gasteiger partial charge in [-0.2, -0.15) is 0 Å². The maximum atomic E-state index is 11.2. The third kappa shape index (κ3) is 1.70. The molecular formula is C10H18N2O. The third-order valence-electron chi connectivity index (χ3n) is 3.45. The van der Waals surface area contributed by atoms with Crippen molar-refractivity contribution in [3.63, 3.8) is 0 Å². The second kappa shape index (κ2) is 3.66. The molecule has 1 amide bonds. The van der Waals surface area contributed by atoms with Gasteiger partial charge < -0.3 is 5.73 Å². The Kier molecular flexibility index (Phi) is 2.54. The minimum Gasteiger partial charge on any atom is -0.369 e. The van der Waals surface area contributed by atoms with Gasteiger partial charge in [-0.25, -0.2) is 0 Å². The summed E-state index contributed by atoms with van der Waals surface area (Å²) in [7, 11) is 0. The number of hydrogen-bond donors (Lipinski definition) is 1. The molecule has 0 aromatic rings. The van der Waals surface area contributed by atoms with E-state index in [0.29, 0.717) is 6.04 Å². The molecule has 2 aliphatic rings. The maximum Gasteiger partial charge on any atom is 0.222 e. The van der Waals surface area contributed by atoms with Crippen LogP contribution in [0.4, 0.5) is 0 Å². The van der Waals surface area contributed by atoms with E-state index >= 15 is 0 Å². The molecule has 3 heteroatoms. The van der Waals surface area contributed by atoms with E-state index in [4.69, 9.17) is 5.73 Å². The zero-order chi connectivity index (χ0) is 9.26. The standard InChI is InChI=1S/C10H18N2O/c11-10(13)8-4-1-2-5-9(8)12-6-3-7-12/h8-9H,1-7H2,(H2,11,13). The van der Waals surface area contributed by atoms with E-state index in [1.54, 1.807) is 0 Å². The Morgan fingerprint density at radius 1 is 1.15 bits per heavy atom. The number of nitrogens with zero attached hydrogens (tertiary/aromatic N) is 1. The lowest BCUT2D eigenvalue weighted by atomic mass is 9.82. The number of primary amides is 1. The van der Waals surface area contributed by atoms with Crippen LogP contribution in [0, 0.1) is 5.92 Å². The molecule has 1 saturated heterocycles. The van der Waals surface area contributed by atoms with Crippen LogP contribution in [0.3, 0.4) is 0 Å². The minimum absolute atomic E-state index is 0.0865. The van der Waals surface area contributed by atoms with Crippen molar-refractivity contribution in [2.45, 2.75) is 38.1 Å². The van der Waals surface area contributed by atoms with Gasteiger partial charge in [-0.05, 0) is 32.4 Å². The van der Waals surface area contributed by atoms with Gasteiger partial charge >= 0.3 is 0 Å². The van der Waals surface area contributed by atoms with Crippen LogP contribution in [0.1, 0.15) is 32.1 Å². The highest BCUT2D eigenvalue weighted by Crippen LogP contribution is 2.30. The summed E-state index contributed by atoms with van der Waals surface area (Å²) in [6.45, 7) is 2.35. The van der Waals surface area contributed by atoms with Gasteiger partial charge in [0.05, 0.1) is 5.92 Å². The highest BCUT2D eigenvalue weighted by Gasteiger charge is 2.35. The van der Waals surface area contributed by atoms with E-state index in [-0.39, 0.29) is 11.8 Å². The van der Waals surface area contributed by atoms with Crippen molar-refractivity contribution in [2.75, 3.05) is 13.1 Å². The van der Waals surface area contributed by atoms with Crippen molar-refractivity contribution in [3.05, 3.63) is 0 Å². The molecule has 1 aliphatic carbocycles. The molecule has 3 nitrogen and oxygen atoms in total. The van der Waals surface area contributed by atoms with Gasteiger partial charge in [0.25, 0.3) is 0 Å². The first-order valence-corrected chi connectivity index (χ1v) is 5.32. The van der Waals surface area contributed by atoms with Crippen LogP contribution < -0.4 is 5.73 Å². The number of nitrogens with two attached hydrogens (primary N) is 1. The van der Waals surface area contributed by atoms with Crippen LogP contribution in [0.2, 0.25) is 0 Å². The second-order valence-corrected chi connectivity index (χ2v) is 4.25. The molecule has 13 heavy (non-hydrogen) atoms. The van der Waals surface area contributed by atoms with Crippen LogP contribution in [0.5, 0.6) is 0 Å². The first-order valence-electron chi connectivity index (χ1n) is 5.32. The topological polar surface area (TPSA) is 46.3 Å². The summed E-state index contributed by atoms with van der Waals surface area (Å²) in [5.41, 5.74) is 5.41. The van der Waals surface area contributed by atoms with Gasteiger partial charge in [0, 0.05) is 6.04 Å². The summed E-state index contributed by atoms with van der Waals surface area (Å²) < 4.78 is 0. The molecular weight excluding hydrogens is 164 g/mol. The molecule has 0 aromatic heterocycles. The number of rotatable bonds is 2. The SMILES string of the molecule is NC(=O)C1CCCCC1N1CCC1. The van der Waals surface area contributed by atoms with Gasteiger partial charge in [-0.15, -0.1) is 0 Å². The lowest BCUT2D eigenvalue weighted by Gasteiger charge is -2.43. The molecule has 1 heterocycles. The van der Waals surface area contributed by atoms with Crippen LogP contribution in [-0.4, -0.2) is 29.9 Å². The Morgan fingerprint density at radius 3 is 2.38 bits per heavy atom. The summed E-state index contributed by atoms with van der Waals surface area (Å²) in [4.78, 5) is 13.6. The van der Waals surface area contributed by atoms with Gasteiger partial charge in [0.15, 0.2) is 0 Å². The second-order valence-electron chi connectivity index (χ2n) is 4.25. The molecule has 1 aliphatic heterocycles. The highest BCUT2D eigenvalue weighted by atomic mass is 16.1. The smallest absolute Gasteiger partial charge is 0.222 e. The molecule has 2 N–H and O–H groups in total. The Labute approximate surface area is 79.3 Å². The molecule has 0 radical (unpaired) electrons. The van der Waals surface area contributed by atoms with Gasteiger partial charge in [-0.1, -0.05) is 12.8 Å². The first kappa shape index (κ1) is 9.00. The molecule has 2 unspecified atom stereocenters. The van der Waals surface area contributed by atoms with Crippen molar-refractivity contribution in [1.29, 1.82) is 0 Å². The molecule has 0 bridgehead atoms. The van der Waals surface area contributed by atoms with Crippen molar-refractivity contribution in [1.82, 2.24) is 4.90 Å². The largest absolute Gasteiger partial charge is 0.369 e. The zero-order valence-electron chi connectivity index (χ0n) is 8.04. The summed E-state index contributed by atoms with van der Waals surface area (Å²) in [5, 5.41) is 0. The van der Waals surface area contributed by atoms with Gasteiger partial charge in [0.2, 0.25) is 5.91 Å². The van der Waals surface area contributed by atoms with Gasteiger partial charge in [0.1, 0.15) is 0 Å². The average Bonchev–Trinajstić information content (AvgIpc) is 2.02. The highest BCUT2D eigenvalue weighted by molar-refractivity contribution is 5.77. The van der Waals surface area contributed by atoms with Crippen molar-refractivity contribution in [2.24, 2.45) is 11.7 Å². The van der Waals surface area contributed by atoms with Crippen molar-refractivity contribution >= 4 is 5.91 Å². The first-order chi connectivity index (χ1) is 6.29. The predicted molar refractivity (Wildman–Crippen MR) is 51.1 cm³/mol. The molecule has 0 spiro atoms. The lowest BCUT2D eigenvalue weighted by Crippen LogP contribution is -2.52. The summed E-state index contributed by atoms with van der Waals surface area (Å²) in [5.74, 6) is 0.0469. The Hall–Kier alpha value is -0.570. The fourth-order valence-corrected chi connectivity index (χ4v) is 2.55. The van der Waals surface area contributed by atoms with Crippen molar-refractivity contribution in [3.8, 4) is 0 Å². The van der Waals surface area contributed by atoms with E-state index in [9.17, 15) is 4.79 Å². The molecule has 2 fully saturated rings. The van der Waals surface area contributed by atoms with E-state index in [2.05, 4.69) is 4.90 Å². The van der Waals surface area contributed by atoms with Gasteiger partial charge in [-0.3, -0.25) is 9.69 Å². The lowest BCUT2D eigenvalue weighted by molar-refractivity contribution is -0.126. The van der Waals surface area contributed by atoms with Crippen molar-refractivity contribution < 1.29 is 4.79 Å². The molecule has 2 atom stereocenters. The Bertz CT molecular complexity index is 201. The molecule has 0 aromatic carbocycles. The monoisotopic (exact) mass is 182 g/mol. The fourth-order valence-electron chi connectivity index (χ4n) is 2.55. The molecule has 1 saturated carbocycles. The predicted octanol–water partition coefficient (Wildman–Crippen LogP) is 0.736.